The summed E-state index contributed by atoms with van der Waals surface area (Å²) >= 11 is 1.70. The smallest absolute Gasteiger partial charge is 0.305 e. The first-order valence-corrected chi connectivity index (χ1v) is 13.9. The van der Waals surface area contributed by atoms with Crippen LogP contribution in [-0.4, -0.2) is 79.3 Å². The summed E-state index contributed by atoms with van der Waals surface area (Å²) in [6.45, 7) is 14.3. The molecule has 1 aliphatic heterocycles. The van der Waals surface area contributed by atoms with Crippen molar-refractivity contribution >= 4 is 17.3 Å². The number of nitrogens with zero attached hydrogens (tertiary/aromatic N) is 7. The minimum atomic E-state index is -0.157. The summed E-state index contributed by atoms with van der Waals surface area (Å²) in [7, 11) is 0. The van der Waals surface area contributed by atoms with E-state index < -0.39 is 0 Å². The molecule has 10 heteroatoms. The lowest BCUT2D eigenvalue weighted by molar-refractivity contribution is -0.143. The number of hydrogen-bond acceptors (Lipinski definition) is 9. The molecule has 3 atom stereocenters. The van der Waals surface area contributed by atoms with E-state index in [2.05, 4.69) is 75.4 Å². The third-order valence-electron chi connectivity index (χ3n) is 6.87. The molecule has 1 fully saturated rings. The van der Waals surface area contributed by atoms with Gasteiger partial charge in [0.2, 0.25) is 0 Å². The molecule has 1 aromatic carbocycles. The SMILES string of the molecule is C=CCN1C[C@H](C)N([C@H](c2ccc(-c3nnnn3CCCCC(=O)OCC)cc2)c2nccs2)C[C@H]1C. The second kappa shape index (κ2) is 13.0. The van der Waals surface area contributed by atoms with Crippen LogP contribution in [-0.2, 0) is 16.1 Å². The van der Waals surface area contributed by atoms with Gasteiger partial charge in [0.1, 0.15) is 5.01 Å². The first kappa shape index (κ1) is 27.1. The molecule has 37 heavy (non-hydrogen) atoms. The van der Waals surface area contributed by atoms with Crippen molar-refractivity contribution < 1.29 is 9.53 Å². The zero-order chi connectivity index (χ0) is 26.2. The Balaban J connectivity index is 1.49. The molecular formula is C27H37N7O2S. The van der Waals surface area contributed by atoms with Crippen molar-refractivity contribution in [2.45, 2.75) is 64.7 Å². The zero-order valence-electron chi connectivity index (χ0n) is 22.0. The number of carbonyl (C=O) groups is 1. The zero-order valence-corrected chi connectivity index (χ0v) is 22.8. The van der Waals surface area contributed by atoms with E-state index in [1.807, 2.05) is 19.2 Å². The van der Waals surface area contributed by atoms with Crippen LogP contribution in [0.3, 0.4) is 0 Å². The van der Waals surface area contributed by atoms with Gasteiger partial charge in [-0.25, -0.2) is 9.67 Å². The van der Waals surface area contributed by atoms with E-state index in [9.17, 15) is 4.79 Å². The van der Waals surface area contributed by atoms with Gasteiger partial charge in [0.05, 0.1) is 12.6 Å². The molecule has 0 saturated carbocycles. The quantitative estimate of drug-likeness (QED) is 0.198. The topological polar surface area (TPSA) is 89.3 Å². The number of ether oxygens (including phenoxy) is 1. The molecule has 0 bridgehead atoms. The van der Waals surface area contributed by atoms with Gasteiger partial charge in [-0.1, -0.05) is 30.3 Å². The number of benzene rings is 1. The normalized spacial score (nSPS) is 19.5. The Kier molecular flexibility index (Phi) is 9.54. The molecule has 0 unspecified atom stereocenters. The maximum Gasteiger partial charge on any atom is 0.305 e. The molecule has 1 aliphatic rings. The predicted octanol–water partition coefficient (Wildman–Crippen LogP) is 4.20. The summed E-state index contributed by atoms with van der Waals surface area (Å²) in [6, 6.07) is 9.45. The number of aryl methyl sites for hydroxylation is 1. The Hall–Kier alpha value is -2.95. The van der Waals surface area contributed by atoms with E-state index in [-0.39, 0.29) is 12.0 Å². The monoisotopic (exact) mass is 523 g/mol. The Labute approximate surface area is 223 Å². The van der Waals surface area contributed by atoms with Gasteiger partial charge < -0.3 is 4.74 Å². The second-order valence-electron chi connectivity index (χ2n) is 9.52. The Bertz CT molecular complexity index is 1130. The highest BCUT2D eigenvalue weighted by Crippen LogP contribution is 2.35. The van der Waals surface area contributed by atoms with Crippen molar-refractivity contribution in [1.82, 2.24) is 35.0 Å². The fourth-order valence-electron chi connectivity index (χ4n) is 4.99. The molecule has 0 aliphatic carbocycles. The van der Waals surface area contributed by atoms with Gasteiger partial charge in [-0.3, -0.25) is 14.6 Å². The molecule has 9 nitrogen and oxygen atoms in total. The van der Waals surface area contributed by atoms with Crippen LogP contribution in [0.15, 0.2) is 48.5 Å². The van der Waals surface area contributed by atoms with Gasteiger partial charge in [-0.15, -0.1) is 23.0 Å². The molecule has 1 saturated heterocycles. The third kappa shape index (κ3) is 6.68. The maximum absolute atomic E-state index is 11.6. The summed E-state index contributed by atoms with van der Waals surface area (Å²) in [5.41, 5.74) is 2.18. The summed E-state index contributed by atoms with van der Waals surface area (Å²) in [4.78, 5) is 21.4. The summed E-state index contributed by atoms with van der Waals surface area (Å²) in [5, 5.41) is 15.5. The Morgan fingerprint density at radius 3 is 2.73 bits per heavy atom. The number of hydrogen-bond donors (Lipinski definition) is 0. The lowest BCUT2D eigenvalue weighted by Crippen LogP contribution is -2.57. The molecule has 2 aromatic heterocycles. The van der Waals surface area contributed by atoms with Crippen molar-refractivity contribution in [3.8, 4) is 11.4 Å². The standard InChI is InChI=1S/C27H37N7O2S/c1-5-15-32-18-21(4)33(19-20(32)3)25(27-28-14-17-37-27)22-10-12-23(13-11-22)26-29-30-31-34(26)16-8-7-9-24(35)36-6-2/h5,10-14,17,20-21,25H,1,6-9,15-16,18-19H2,2-4H3/t20-,21+,25-/m1/s1. The molecule has 0 N–H and O–H groups in total. The van der Waals surface area contributed by atoms with Gasteiger partial charge in [0.15, 0.2) is 5.82 Å². The molecule has 0 spiro atoms. The molecule has 4 rings (SSSR count). The van der Waals surface area contributed by atoms with Crippen LogP contribution in [0, 0.1) is 0 Å². The van der Waals surface area contributed by atoms with Crippen molar-refractivity contribution in [2.24, 2.45) is 0 Å². The number of carbonyl (C=O) groups excluding carboxylic acids is 1. The summed E-state index contributed by atoms with van der Waals surface area (Å²) in [6.07, 6.45) is 5.83. The fourth-order valence-corrected chi connectivity index (χ4v) is 5.77. The predicted molar refractivity (Wildman–Crippen MR) is 145 cm³/mol. The largest absolute Gasteiger partial charge is 0.466 e. The van der Waals surface area contributed by atoms with Gasteiger partial charge in [-0.2, -0.15) is 0 Å². The van der Waals surface area contributed by atoms with Crippen molar-refractivity contribution in [2.75, 3.05) is 26.2 Å². The minimum absolute atomic E-state index is 0.0938. The molecule has 3 aromatic rings. The van der Waals surface area contributed by atoms with Gasteiger partial charge in [0, 0.05) is 61.8 Å². The van der Waals surface area contributed by atoms with Crippen LogP contribution in [0.5, 0.6) is 0 Å². The molecule has 0 radical (unpaired) electrons. The van der Waals surface area contributed by atoms with E-state index in [1.54, 1.807) is 16.0 Å². The van der Waals surface area contributed by atoms with E-state index in [0.717, 1.165) is 48.9 Å². The lowest BCUT2D eigenvalue weighted by atomic mass is 9.98. The number of esters is 1. The van der Waals surface area contributed by atoms with E-state index in [4.69, 9.17) is 9.72 Å². The second-order valence-corrected chi connectivity index (χ2v) is 10.4. The Morgan fingerprint density at radius 2 is 2.03 bits per heavy atom. The van der Waals surface area contributed by atoms with Crippen LogP contribution < -0.4 is 0 Å². The highest BCUT2D eigenvalue weighted by atomic mass is 32.1. The van der Waals surface area contributed by atoms with Crippen molar-refractivity contribution in [3.05, 3.63) is 59.1 Å². The van der Waals surface area contributed by atoms with Crippen LogP contribution in [0.2, 0.25) is 0 Å². The first-order valence-electron chi connectivity index (χ1n) is 13.0. The summed E-state index contributed by atoms with van der Waals surface area (Å²) < 4.78 is 6.81. The van der Waals surface area contributed by atoms with Gasteiger partial charge >= 0.3 is 5.97 Å². The Morgan fingerprint density at radius 1 is 1.22 bits per heavy atom. The minimum Gasteiger partial charge on any atom is -0.466 e. The highest BCUT2D eigenvalue weighted by molar-refractivity contribution is 7.09. The number of tetrazole rings is 1. The number of thiazole rings is 1. The molecule has 0 amide bonds. The van der Waals surface area contributed by atoms with Crippen LogP contribution in [0.25, 0.3) is 11.4 Å². The number of rotatable bonds is 12. The van der Waals surface area contributed by atoms with E-state index in [1.165, 1.54) is 5.56 Å². The molecule has 198 valence electrons. The molecule has 3 heterocycles. The lowest BCUT2D eigenvalue weighted by Gasteiger charge is -2.46. The summed E-state index contributed by atoms with van der Waals surface area (Å²) in [5.74, 6) is 0.573. The number of unbranched alkanes of at least 4 members (excludes halogenated alkanes) is 1. The average Bonchev–Trinajstić information content (AvgIpc) is 3.58. The molecular weight excluding hydrogens is 486 g/mol. The first-order chi connectivity index (χ1) is 18.0. The highest BCUT2D eigenvalue weighted by Gasteiger charge is 2.35. The van der Waals surface area contributed by atoms with E-state index >= 15 is 0 Å². The van der Waals surface area contributed by atoms with Crippen molar-refractivity contribution in [1.29, 1.82) is 0 Å². The van der Waals surface area contributed by atoms with Gasteiger partial charge in [0.25, 0.3) is 0 Å². The third-order valence-corrected chi connectivity index (χ3v) is 7.69. The van der Waals surface area contributed by atoms with Crippen LogP contribution in [0.1, 0.15) is 56.6 Å². The van der Waals surface area contributed by atoms with Crippen LogP contribution >= 0.6 is 11.3 Å². The van der Waals surface area contributed by atoms with Crippen molar-refractivity contribution in [3.63, 3.8) is 0 Å². The number of piperazine rings is 1. The maximum atomic E-state index is 11.6. The van der Waals surface area contributed by atoms with Gasteiger partial charge in [-0.05, 0) is 49.6 Å². The van der Waals surface area contributed by atoms with E-state index in [0.29, 0.717) is 31.7 Å². The fraction of sp³-hybridized carbons (Fsp3) is 0.519. The average molecular weight is 524 g/mol. The number of aromatic nitrogens is 5. The van der Waals surface area contributed by atoms with Crippen LogP contribution in [0.4, 0.5) is 0 Å².